The predicted octanol–water partition coefficient (Wildman–Crippen LogP) is 4.32. The maximum atomic E-state index is 14.5. The summed E-state index contributed by atoms with van der Waals surface area (Å²) in [4.78, 5) is 10.5. The lowest BCUT2D eigenvalue weighted by molar-refractivity contribution is 0.319. The first-order valence-corrected chi connectivity index (χ1v) is 12.0. The van der Waals surface area contributed by atoms with Crippen molar-refractivity contribution in [2.24, 2.45) is 0 Å². The molecule has 2 saturated heterocycles. The number of piperidine rings is 1. The normalized spacial score (nSPS) is 21.2. The Morgan fingerprint density at radius 3 is 2.81 bits per heavy atom. The Hall–Kier alpha value is -3.73. The largest absolute Gasteiger partial charge is 0.345 e. The standard InChI is InChI=1S/C25H24F3N7O/c26-16-1-3-20(28)19(11-16)21-12-17(27)14-34(21)24-6-5-23-30-13-18(35(23)32-24)2-4-22-31-25(36-33-22)15-7-9-29-10-8-15/h1-6,11,13,15,17,21,29H,7-10,12,14H2/b4-2+/t17-,21+/m0/s1. The number of imidazole rings is 1. The fourth-order valence-corrected chi connectivity index (χ4v) is 4.96. The van der Waals surface area contributed by atoms with Crippen LogP contribution in [-0.2, 0) is 0 Å². The number of halogens is 3. The summed E-state index contributed by atoms with van der Waals surface area (Å²) in [6, 6.07) is 6.04. The summed E-state index contributed by atoms with van der Waals surface area (Å²) in [6.45, 7) is 1.89. The van der Waals surface area contributed by atoms with Gasteiger partial charge in [-0.05, 0) is 68.4 Å². The molecular weight excluding hydrogens is 471 g/mol. The van der Waals surface area contributed by atoms with Gasteiger partial charge in [-0.1, -0.05) is 5.16 Å². The summed E-state index contributed by atoms with van der Waals surface area (Å²) in [5, 5.41) is 12.0. The number of aromatic nitrogens is 5. The Labute approximate surface area is 204 Å². The Morgan fingerprint density at radius 1 is 1.08 bits per heavy atom. The van der Waals surface area contributed by atoms with Gasteiger partial charge in [0.2, 0.25) is 5.89 Å². The van der Waals surface area contributed by atoms with Gasteiger partial charge in [0.1, 0.15) is 23.6 Å². The third kappa shape index (κ3) is 4.34. The van der Waals surface area contributed by atoms with Gasteiger partial charge in [-0.25, -0.2) is 22.7 Å². The Balaban J connectivity index is 1.28. The highest BCUT2D eigenvalue weighted by atomic mass is 19.1. The Kier molecular flexibility index (Phi) is 5.92. The number of benzene rings is 1. The summed E-state index contributed by atoms with van der Waals surface area (Å²) in [6.07, 6.45) is 5.94. The van der Waals surface area contributed by atoms with E-state index in [0.717, 1.165) is 44.1 Å². The van der Waals surface area contributed by atoms with Crippen LogP contribution in [0.5, 0.6) is 0 Å². The second-order valence-corrected chi connectivity index (χ2v) is 9.16. The summed E-state index contributed by atoms with van der Waals surface area (Å²) >= 11 is 0. The molecule has 3 aromatic heterocycles. The van der Waals surface area contributed by atoms with Gasteiger partial charge in [0.15, 0.2) is 11.5 Å². The van der Waals surface area contributed by atoms with E-state index in [-0.39, 0.29) is 24.4 Å². The highest BCUT2D eigenvalue weighted by Gasteiger charge is 2.36. The summed E-state index contributed by atoms with van der Waals surface area (Å²) < 4.78 is 49.9. The average Bonchev–Trinajstić information content (AvgIpc) is 3.63. The van der Waals surface area contributed by atoms with Crippen LogP contribution in [0.25, 0.3) is 17.8 Å². The fraction of sp³-hybridized carbons (Fsp3) is 0.360. The van der Waals surface area contributed by atoms with E-state index in [1.165, 1.54) is 0 Å². The lowest BCUT2D eigenvalue weighted by atomic mass is 9.98. The van der Waals surface area contributed by atoms with Gasteiger partial charge in [0.25, 0.3) is 0 Å². The predicted molar refractivity (Wildman–Crippen MR) is 127 cm³/mol. The first kappa shape index (κ1) is 22.7. The van der Waals surface area contributed by atoms with Crippen molar-refractivity contribution in [2.75, 3.05) is 24.5 Å². The minimum Gasteiger partial charge on any atom is -0.345 e. The van der Waals surface area contributed by atoms with Gasteiger partial charge >= 0.3 is 0 Å². The van der Waals surface area contributed by atoms with E-state index in [2.05, 4.69) is 25.5 Å². The molecule has 5 heterocycles. The molecule has 0 radical (unpaired) electrons. The van der Waals surface area contributed by atoms with Crippen molar-refractivity contribution in [3.63, 3.8) is 0 Å². The van der Waals surface area contributed by atoms with Gasteiger partial charge < -0.3 is 14.7 Å². The lowest BCUT2D eigenvalue weighted by Gasteiger charge is -2.26. The molecule has 2 fully saturated rings. The molecule has 1 N–H and O–H groups in total. The molecule has 0 aliphatic carbocycles. The van der Waals surface area contributed by atoms with Crippen molar-refractivity contribution in [1.29, 1.82) is 0 Å². The van der Waals surface area contributed by atoms with Gasteiger partial charge in [-0.2, -0.15) is 4.98 Å². The van der Waals surface area contributed by atoms with Crippen LogP contribution in [-0.4, -0.2) is 50.5 Å². The number of anilines is 1. The third-order valence-electron chi connectivity index (χ3n) is 6.78. The van der Waals surface area contributed by atoms with E-state index < -0.39 is 23.8 Å². The first-order chi connectivity index (χ1) is 17.5. The van der Waals surface area contributed by atoms with Gasteiger partial charge in [0, 0.05) is 17.9 Å². The molecule has 4 aromatic rings. The maximum Gasteiger partial charge on any atom is 0.230 e. The van der Waals surface area contributed by atoms with Crippen LogP contribution in [0.15, 0.2) is 41.1 Å². The van der Waals surface area contributed by atoms with Gasteiger partial charge in [-0.3, -0.25) is 0 Å². The van der Waals surface area contributed by atoms with Gasteiger partial charge in [0.05, 0.1) is 24.5 Å². The molecule has 0 amide bonds. The van der Waals surface area contributed by atoms with Crippen LogP contribution in [0.2, 0.25) is 0 Å². The van der Waals surface area contributed by atoms with E-state index in [1.54, 1.807) is 39.9 Å². The smallest absolute Gasteiger partial charge is 0.230 e. The SMILES string of the molecule is Fc1ccc(F)c([C@H]2C[C@H](F)CN2c2ccc3ncc(/C=C/c4noc(C5CCNCC5)n4)n3n2)c1. The highest BCUT2D eigenvalue weighted by molar-refractivity contribution is 5.66. The van der Waals surface area contributed by atoms with Gasteiger partial charge in [-0.15, -0.1) is 5.10 Å². The molecule has 0 bridgehead atoms. The van der Waals surface area contributed by atoms with Crippen LogP contribution in [0.3, 0.4) is 0 Å². The zero-order chi connectivity index (χ0) is 24.6. The minimum absolute atomic E-state index is 0.0291. The molecule has 11 heteroatoms. The third-order valence-corrected chi connectivity index (χ3v) is 6.78. The molecule has 2 aliphatic rings. The first-order valence-electron chi connectivity index (χ1n) is 12.0. The Bertz CT molecular complexity index is 1410. The van der Waals surface area contributed by atoms with Crippen molar-refractivity contribution in [1.82, 2.24) is 30.1 Å². The number of nitrogens with zero attached hydrogens (tertiary/aromatic N) is 6. The zero-order valence-electron chi connectivity index (χ0n) is 19.3. The molecule has 2 aliphatic heterocycles. The highest BCUT2D eigenvalue weighted by Crippen LogP contribution is 2.38. The van der Waals surface area contributed by atoms with Crippen molar-refractivity contribution in [3.05, 3.63) is 71.1 Å². The van der Waals surface area contributed by atoms with Crippen LogP contribution < -0.4 is 10.2 Å². The molecule has 8 nitrogen and oxygen atoms in total. The molecule has 0 saturated carbocycles. The van der Waals surface area contributed by atoms with Crippen molar-refractivity contribution in [2.45, 2.75) is 37.4 Å². The molecule has 1 aromatic carbocycles. The molecule has 36 heavy (non-hydrogen) atoms. The average molecular weight is 496 g/mol. The van der Waals surface area contributed by atoms with E-state index in [0.29, 0.717) is 28.9 Å². The van der Waals surface area contributed by atoms with Crippen LogP contribution in [0, 0.1) is 11.6 Å². The van der Waals surface area contributed by atoms with E-state index in [1.807, 2.05) is 0 Å². The second kappa shape index (κ2) is 9.38. The molecule has 2 atom stereocenters. The van der Waals surface area contributed by atoms with Crippen molar-refractivity contribution in [3.8, 4) is 0 Å². The maximum absolute atomic E-state index is 14.5. The summed E-state index contributed by atoms with van der Waals surface area (Å²) in [7, 11) is 0. The topological polar surface area (TPSA) is 84.4 Å². The number of nitrogens with one attached hydrogen (secondary N) is 1. The number of hydrogen-bond acceptors (Lipinski definition) is 7. The molecule has 6 rings (SSSR count). The molecule has 0 spiro atoms. The second-order valence-electron chi connectivity index (χ2n) is 9.16. The van der Waals surface area contributed by atoms with Crippen molar-refractivity contribution >= 4 is 23.6 Å². The zero-order valence-corrected chi connectivity index (χ0v) is 19.3. The number of alkyl halides is 1. The minimum atomic E-state index is -1.19. The van der Waals surface area contributed by atoms with E-state index in [4.69, 9.17) is 4.52 Å². The van der Waals surface area contributed by atoms with Crippen LogP contribution >= 0.6 is 0 Å². The van der Waals surface area contributed by atoms with Crippen molar-refractivity contribution < 1.29 is 17.7 Å². The quantitative estimate of drug-likeness (QED) is 0.442. The van der Waals surface area contributed by atoms with Crippen LogP contribution in [0.1, 0.15) is 54.2 Å². The Morgan fingerprint density at radius 2 is 1.94 bits per heavy atom. The number of rotatable bonds is 5. The number of hydrogen-bond donors (Lipinski definition) is 1. The van der Waals surface area contributed by atoms with E-state index in [9.17, 15) is 13.2 Å². The van der Waals surface area contributed by atoms with Crippen LogP contribution in [0.4, 0.5) is 19.0 Å². The molecular formula is C25H24F3N7O. The summed E-state index contributed by atoms with van der Waals surface area (Å²) in [5.41, 5.74) is 1.36. The summed E-state index contributed by atoms with van der Waals surface area (Å²) in [5.74, 6) is 0.658. The molecule has 0 unspecified atom stereocenters. The van der Waals surface area contributed by atoms with E-state index >= 15 is 0 Å². The monoisotopic (exact) mass is 495 g/mol. The number of fused-ring (bicyclic) bond motifs is 1. The fourth-order valence-electron chi connectivity index (χ4n) is 4.96. The molecule has 186 valence electrons. The lowest BCUT2D eigenvalue weighted by Crippen LogP contribution is -2.26.